The van der Waals surface area contributed by atoms with Gasteiger partial charge in [-0.3, -0.25) is 9.48 Å². The minimum absolute atomic E-state index is 0.0340. The second kappa shape index (κ2) is 7.33. The van der Waals surface area contributed by atoms with E-state index in [4.69, 9.17) is 4.74 Å². The molecule has 1 aromatic rings. The van der Waals surface area contributed by atoms with Gasteiger partial charge in [-0.05, 0) is 72.3 Å². The molecule has 2 amide bonds. The number of aromatic nitrogens is 2. The van der Waals surface area contributed by atoms with E-state index in [0.29, 0.717) is 18.8 Å². The number of carbonyl (C=O) groups is 2. The minimum Gasteiger partial charge on any atom is -0.441 e. The molecule has 0 unspecified atom stereocenters. The summed E-state index contributed by atoms with van der Waals surface area (Å²) in [4.78, 5) is 29.6. The largest absolute Gasteiger partial charge is 0.441 e. The maximum absolute atomic E-state index is 13.2. The molecule has 2 saturated heterocycles. The van der Waals surface area contributed by atoms with E-state index in [1.165, 1.54) is 6.42 Å². The van der Waals surface area contributed by atoms with Gasteiger partial charge in [0.1, 0.15) is 11.3 Å². The third-order valence-electron chi connectivity index (χ3n) is 6.64. The number of hydrogen-bond acceptors (Lipinski definition) is 4. The van der Waals surface area contributed by atoms with Crippen LogP contribution in [0.1, 0.15) is 81.9 Å². The van der Waals surface area contributed by atoms with Crippen LogP contribution in [-0.2, 0) is 10.3 Å². The molecule has 4 rings (SSSR count). The van der Waals surface area contributed by atoms with Crippen molar-refractivity contribution in [2.24, 2.45) is 0 Å². The van der Waals surface area contributed by atoms with E-state index in [2.05, 4.69) is 25.9 Å². The summed E-state index contributed by atoms with van der Waals surface area (Å²) in [7, 11) is 0. The van der Waals surface area contributed by atoms with Crippen molar-refractivity contribution in [2.45, 2.75) is 89.8 Å². The highest BCUT2D eigenvalue weighted by molar-refractivity contribution is 5.93. The van der Waals surface area contributed by atoms with Crippen molar-refractivity contribution in [1.82, 2.24) is 19.6 Å². The van der Waals surface area contributed by atoms with Crippen LogP contribution in [0.2, 0.25) is 0 Å². The molecule has 7 nitrogen and oxygen atoms in total. The normalized spacial score (nSPS) is 23.0. The van der Waals surface area contributed by atoms with E-state index < -0.39 is 0 Å². The van der Waals surface area contributed by atoms with E-state index >= 15 is 0 Å². The Balaban J connectivity index is 1.40. The third kappa shape index (κ3) is 3.88. The van der Waals surface area contributed by atoms with Gasteiger partial charge in [0, 0.05) is 19.1 Å². The Kier molecular flexibility index (Phi) is 5.11. The van der Waals surface area contributed by atoms with Crippen LogP contribution in [0.25, 0.3) is 0 Å². The highest BCUT2D eigenvalue weighted by Gasteiger charge is 2.48. The predicted molar refractivity (Wildman–Crippen MR) is 110 cm³/mol. The van der Waals surface area contributed by atoms with E-state index in [9.17, 15) is 9.59 Å². The van der Waals surface area contributed by atoms with Gasteiger partial charge >= 0.3 is 6.09 Å². The number of carbonyl (C=O) groups excluding carboxylic acids is 2. The number of ether oxygens (including phenoxy) is 1. The average molecular weight is 403 g/mol. The maximum atomic E-state index is 13.2. The quantitative estimate of drug-likeness (QED) is 0.756. The van der Waals surface area contributed by atoms with Crippen molar-refractivity contribution in [3.63, 3.8) is 0 Å². The zero-order chi connectivity index (χ0) is 20.8. The molecule has 3 heterocycles. The number of rotatable bonds is 2. The van der Waals surface area contributed by atoms with E-state index in [1.807, 2.05) is 27.5 Å². The Bertz CT molecular complexity index is 780. The highest BCUT2D eigenvalue weighted by atomic mass is 16.6. The van der Waals surface area contributed by atoms with Gasteiger partial charge in [0.15, 0.2) is 0 Å². The smallest absolute Gasteiger partial charge is 0.410 e. The summed E-state index contributed by atoms with van der Waals surface area (Å²) in [6, 6.07) is 2.05. The molecular formula is C22H34N4O3. The average Bonchev–Trinajstić information content (AvgIpc) is 3.22. The monoisotopic (exact) mass is 402 g/mol. The van der Waals surface area contributed by atoms with Crippen LogP contribution in [0.15, 0.2) is 6.07 Å². The Labute approximate surface area is 173 Å². The van der Waals surface area contributed by atoms with Gasteiger partial charge in [0.05, 0.1) is 17.8 Å². The molecule has 0 bridgehead atoms. The molecule has 0 N–H and O–H groups in total. The van der Waals surface area contributed by atoms with Gasteiger partial charge in [-0.1, -0.05) is 6.42 Å². The van der Waals surface area contributed by atoms with Crippen molar-refractivity contribution in [3.05, 3.63) is 17.5 Å². The molecule has 1 aliphatic carbocycles. The Morgan fingerprint density at radius 1 is 1.17 bits per heavy atom. The van der Waals surface area contributed by atoms with Crippen LogP contribution in [0.4, 0.5) is 4.79 Å². The van der Waals surface area contributed by atoms with Crippen molar-refractivity contribution in [2.75, 3.05) is 19.6 Å². The fourth-order valence-electron chi connectivity index (χ4n) is 5.09. The van der Waals surface area contributed by atoms with Crippen LogP contribution in [0, 0.1) is 6.92 Å². The van der Waals surface area contributed by atoms with E-state index in [0.717, 1.165) is 50.8 Å². The van der Waals surface area contributed by atoms with Crippen LogP contribution < -0.4 is 0 Å². The topological polar surface area (TPSA) is 67.7 Å². The SMILES string of the molecule is Cc1cc(C(=O)N2CCC(N3CC4(CCCCC4)OC3=O)CC2)n(C(C)(C)C)n1. The number of piperidine rings is 1. The number of likely N-dealkylation sites (tertiary alicyclic amines) is 1. The maximum Gasteiger partial charge on any atom is 0.410 e. The molecule has 0 radical (unpaired) electrons. The van der Waals surface area contributed by atoms with E-state index in [-0.39, 0.29) is 29.2 Å². The standard InChI is InChI=1S/C22H34N4O3/c1-16-14-18(26(23-16)21(2,3)4)19(27)24-12-8-17(9-13-24)25-15-22(29-20(25)28)10-6-5-7-11-22/h14,17H,5-13,15H2,1-4H3. The van der Waals surface area contributed by atoms with Crippen LogP contribution in [-0.4, -0.2) is 62.9 Å². The van der Waals surface area contributed by atoms with E-state index in [1.54, 1.807) is 0 Å². The number of hydrogen-bond donors (Lipinski definition) is 0. The molecule has 29 heavy (non-hydrogen) atoms. The first kappa shape index (κ1) is 20.2. The molecular weight excluding hydrogens is 368 g/mol. The molecule has 1 aromatic heterocycles. The first-order valence-corrected chi connectivity index (χ1v) is 11.0. The zero-order valence-corrected chi connectivity index (χ0v) is 18.2. The second-order valence-electron chi connectivity index (χ2n) is 10.0. The predicted octanol–water partition coefficient (Wildman–Crippen LogP) is 3.71. The Morgan fingerprint density at radius 2 is 1.83 bits per heavy atom. The first-order valence-electron chi connectivity index (χ1n) is 11.0. The van der Waals surface area contributed by atoms with Crippen LogP contribution in [0.5, 0.6) is 0 Å². The lowest BCUT2D eigenvalue weighted by Gasteiger charge is -2.37. The molecule has 3 aliphatic rings. The lowest BCUT2D eigenvalue weighted by Crippen LogP contribution is -2.48. The molecule has 7 heteroatoms. The molecule has 160 valence electrons. The molecule has 1 spiro atoms. The van der Waals surface area contributed by atoms with Crippen LogP contribution >= 0.6 is 0 Å². The number of nitrogens with zero attached hydrogens (tertiary/aromatic N) is 4. The van der Waals surface area contributed by atoms with Crippen molar-refractivity contribution in [3.8, 4) is 0 Å². The van der Waals surface area contributed by atoms with Crippen molar-refractivity contribution in [1.29, 1.82) is 0 Å². The summed E-state index contributed by atoms with van der Waals surface area (Å²) < 4.78 is 7.68. The summed E-state index contributed by atoms with van der Waals surface area (Å²) in [5.74, 6) is 0.0340. The Hall–Kier alpha value is -2.05. The van der Waals surface area contributed by atoms with Crippen molar-refractivity contribution < 1.29 is 14.3 Å². The van der Waals surface area contributed by atoms with Crippen LogP contribution in [0.3, 0.4) is 0 Å². The summed E-state index contributed by atoms with van der Waals surface area (Å²) in [6.45, 7) is 10.1. The molecule has 0 atom stereocenters. The fourth-order valence-corrected chi connectivity index (χ4v) is 5.09. The molecule has 1 saturated carbocycles. The second-order valence-corrected chi connectivity index (χ2v) is 10.0. The number of aryl methyl sites for hydroxylation is 1. The molecule has 2 aliphatic heterocycles. The van der Waals surface area contributed by atoms with Gasteiger partial charge in [-0.2, -0.15) is 5.10 Å². The third-order valence-corrected chi connectivity index (χ3v) is 6.64. The fraction of sp³-hybridized carbons (Fsp3) is 0.773. The van der Waals surface area contributed by atoms with Gasteiger partial charge < -0.3 is 14.5 Å². The molecule has 3 fully saturated rings. The first-order chi connectivity index (χ1) is 13.7. The summed E-state index contributed by atoms with van der Waals surface area (Å²) in [5, 5.41) is 4.53. The lowest BCUT2D eigenvalue weighted by molar-refractivity contribution is 0.0259. The highest BCUT2D eigenvalue weighted by Crippen LogP contribution is 2.38. The summed E-state index contributed by atoms with van der Waals surface area (Å²) in [5.41, 5.74) is 1.01. The van der Waals surface area contributed by atoms with Crippen molar-refractivity contribution >= 4 is 12.0 Å². The van der Waals surface area contributed by atoms with Gasteiger partial charge in [0.2, 0.25) is 0 Å². The van der Waals surface area contributed by atoms with Gasteiger partial charge in [0.25, 0.3) is 5.91 Å². The lowest BCUT2D eigenvalue weighted by atomic mass is 9.84. The molecule has 0 aromatic carbocycles. The Morgan fingerprint density at radius 3 is 2.45 bits per heavy atom. The summed E-state index contributed by atoms with van der Waals surface area (Å²) in [6.07, 6.45) is 6.97. The summed E-state index contributed by atoms with van der Waals surface area (Å²) >= 11 is 0. The zero-order valence-electron chi connectivity index (χ0n) is 18.2. The van der Waals surface area contributed by atoms with Gasteiger partial charge in [-0.15, -0.1) is 0 Å². The minimum atomic E-state index is -0.251. The number of amides is 2. The van der Waals surface area contributed by atoms with Gasteiger partial charge in [-0.25, -0.2) is 4.79 Å².